The van der Waals surface area contributed by atoms with Crippen molar-refractivity contribution in [2.75, 3.05) is 58.4 Å². The molecular weight excluding hydrogens is 598 g/mol. The van der Waals surface area contributed by atoms with E-state index in [2.05, 4.69) is 31.0 Å². The van der Waals surface area contributed by atoms with Gasteiger partial charge in [-0.25, -0.2) is 0 Å². The van der Waals surface area contributed by atoms with Crippen molar-refractivity contribution in [1.29, 1.82) is 5.26 Å². The van der Waals surface area contributed by atoms with Gasteiger partial charge in [0.1, 0.15) is 12.6 Å². The lowest BCUT2D eigenvalue weighted by atomic mass is 9.56. The number of carbonyl (C=O) groups is 2. The largest absolute Gasteiger partial charge is 0.465 e. The molecule has 1 aromatic rings. The van der Waals surface area contributed by atoms with Gasteiger partial charge in [-0.15, -0.1) is 0 Å². The number of nitrogens with zero attached hydrogens (tertiary/aromatic N) is 3. The molecule has 2 saturated carbocycles. The second-order valence-corrected chi connectivity index (χ2v) is 13.2. The van der Waals surface area contributed by atoms with E-state index in [4.69, 9.17) is 14.9 Å². The number of nitriles is 1. The van der Waals surface area contributed by atoms with E-state index in [0.29, 0.717) is 44.5 Å². The number of aliphatic hydroxyl groups excluding tert-OH is 2. The van der Waals surface area contributed by atoms with Crippen LogP contribution in [0.25, 0.3) is 0 Å². The van der Waals surface area contributed by atoms with Crippen molar-refractivity contribution in [2.45, 2.75) is 104 Å². The normalized spacial score (nSPS) is 25.9. The number of amides is 1. The molecule has 0 aromatic heterocycles. The fraction of sp³-hybridized carbons (Fsp3) is 0.750. The van der Waals surface area contributed by atoms with Crippen LogP contribution in [0.2, 0.25) is 0 Å². The van der Waals surface area contributed by atoms with Crippen molar-refractivity contribution in [3.05, 3.63) is 29.8 Å². The van der Waals surface area contributed by atoms with E-state index in [1.54, 1.807) is 11.8 Å². The highest BCUT2D eigenvalue weighted by Gasteiger charge is 2.50. The van der Waals surface area contributed by atoms with Gasteiger partial charge in [0, 0.05) is 38.3 Å². The maximum absolute atomic E-state index is 12.7. The van der Waals surface area contributed by atoms with E-state index < -0.39 is 5.60 Å². The Morgan fingerprint density at radius 1 is 1.13 bits per heavy atom. The molecule has 1 aromatic carbocycles. The van der Waals surface area contributed by atoms with Gasteiger partial charge < -0.3 is 36.0 Å². The number of ether oxygens (including phenoxy) is 1. The standard InChI is InChI=1S/C18H28N2O2.C15H24N2O4.C2H6.CH5N/c1-13-6-14-8-17(2,12-18(22,7-13)9-14)10-16(21)20-5-3-4-15(20)11-19;1-2-21-15(20)11-16-14-5-3-13(4-6-14)12-17(7-9-18)8-10-19;2*1-2/h13-15,22H,3-10,12H2,1-2H3;3-6,16,18-19H,2,7-12H2,1H3;1-2H3;2H2,1H3. The van der Waals surface area contributed by atoms with Gasteiger partial charge in [-0.05, 0) is 93.9 Å². The molecule has 11 heteroatoms. The van der Waals surface area contributed by atoms with Gasteiger partial charge in [0.2, 0.25) is 5.91 Å². The number of carbonyl (C=O) groups excluding carboxylic acids is 2. The van der Waals surface area contributed by atoms with Crippen LogP contribution in [-0.4, -0.2) is 102 Å². The van der Waals surface area contributed by atoms with Crippen LogP contribution in [0.4, 0.5) is 5.69 Å². The number of likely N-dealkylation sites (tertiary alicyclic amines) is 1. The summed E-state index contributed by atoms with van der Waals surface area (Å²) in [7, 11) is 1.50. The number of rotatable bonds is 12. The third-order valence-corrected chi connectivity index (χ3v) is 8.90. The lowest BCUT2D eigenvalue weighted by molar-refractivity contribution is -0.142. The Bertz CT molecular complexity index is 1070. The molecule has 2 aliphatic carbocycles. The van der Waals surface area contributed by atoms with Crippen LogP contribution < -0.4 is 11.1 Å². The van der Waals surface area contributed by atoms with Gasteiger partial charge >= 0.3 is 5.97 Å². The Hall–Kier alpha value is -2.75. The first-order valence-electron chi connectivity index (χ1n) is 17.4. The molecule has 2 bridgehead atoms. The topological polar surface area (TPSA) is 172 Å². The minimum absolute atomic E-state index is 0.0686. The van der Waals surface area contributed by atoms with Crippen molar-refractivity contribution in [1.82, 2.24) is 9.80 Å². The van der Waals surface area contributed by atoms with E-state index >= 15 is 0 Å². The maximum Gasteiger partial charge on any atom is 0.325 e. The smallest absolute Gasteiger partial charge is 0.325 e. The number of anilines is 1. The fourth-order valence-electron chi connectivity index (χ4n) is 7.59. The molecule has 3 fully saturated rings. The quantitative estimate of drug-likeness (QED) is 0.207. The molecule has 3 aliphatic rings. The Labute approximate surface area is 283 Å². The van der Waals surface area contributed by atoms with E-state index in [-0.39, 0.29) is 43.1 Å². The van der Waals surface area contributed by atoms with E-state index in [1.807, 2.05) is 43.0 Å². The van der Waals surface area contributed by atoms with Gasteiger partial charge in [0.25, 0.3) is 0 Å². The van der Waals surface area contributed by atoms with Crippen LogP contribution in [-0.2, 0) is 20.9 Å². The molecule has 268 valence electrons. The highest BCUT2D eigenvalue weighted by atomic mass is 16.5. The van der Waals surface area contributed by atoms with Crippen LogP contribution >= 0.6 is 0 Å². The summed E-state index contributed by atoms with van der Waals surface area (Å²) in [6.07, 6.45) is 6.96. The number of aliphatic hydroxyl groups is 3. The first-order chi connectivity index (χ1) is 22.5. The molecule has 0 spiro atoms. The van der Waals surface area contributed by atoms with E-state index in [0.717, 1.165) is 56.3 Å². The molecule has 0 radical (unpaired) electrons. The maximum atomic E-state index is 12.7. The lowest BCUT2D eigenvalue weighted by Crippen LogP contribution is -2.50. The van der Waals surface area contributed by atoms with Crippen molar-refractivity contribution in [3.8, 4) is 6.07 Å². The summed E-state index contributed by atoms with van der Waals surface area (Å²) in [4.78, 5) is 27.6. The average Bonchev–Trinajstić information content (AvgIpc) is 3.52. The number of hydrogen-bond acceptors (Lipinski definition) is 10. The summed E-state index contributed by atoms with van der Waals surface area (Å²) in [6, 6.07) is 9.71. The minimum atomic E-state index is -0.574. The fourth-order valence-corrected chi connectivity index (χ4v) is 7.59. The van der Waals surface area contributed by atoms with Crippen LogP contribution in [0.1, 0.15) is 91.5 Å². The SMILES string of the molecule is CC.CC1CC2CC(C)(CC(=O)N3CCCC3C#N)CC(O)(C1)C2.CCOC(=O)CNc1ccc(CN(CCO)CCO)cc1.CN. The van der Waals surface area contributed by atoms with Crippen LogP contribution in [0.3, 0.4) is 0 Å². The highest BCUT2D eigenvalue weighted by Crippen LogP contribution is 2.53. The summed E-state index contributed by atoms with van der Waals surface area (Å²) in [5.41, 5.74) is 5.74. The number of benzene rings is 1. The second-order valence-electron chi connectivity index (χ2n) is 13.2. The number of hydrogen-bond donors (Lipinski definition) is 5. The van der Waals surface area contributed by atoms with Gasteiger partial charge in [0.15, 0.2) is 0 Å². The summed E-state index contributed by atoms with van der Waals surface area (Å²) in [5, 5.41) is 41.0. The summed E-state index contributed by atoms with van der Waals surface area (Å²) < 4.78 is 4.84. The van der Waals surface area contributed by atoms with Crippen molar-refractivity contribution < 1.29 is 29.6 Å². The second kappa shape index (κ2) is 22.0. The molecule has 47 heavy (non-hydrogen) atoms. The predicted molar refractivity (Wildman–Crippen MR) is 186 cm³/mol. The van der Waals surface area contributed by atoms with E-state index in [1.165, 1.54) is 13.5 Å². The van der Waals surface area contributed by atoms with E-state index in [9.17, 15) is 20.0 Å². The van der Waals surface area contributed by atoms with Gasteiger partial charge in [-0.1, -0.05) is 39.8 Å². The molecule has 5 atom stereocenters. The van der Waals surface area contributed by atoms with Gasteiger partial charge in [-0.3, -0.25) is 14.5 Å². The molecule has 1 heterocycles. The monoisotopic (exact) mass is 661 g/mol. The predicted octanol–water partition coefficient (Wildman–Crippen LogP) is 3.91. The summed E-state index contributed by atoms with van der Waals surface area (Å²) in [6.45, 7) is 13.3. The molecule has 1 saturated heterocycles. The number of fused-ring (bicyclic) bond motifs is 2. The highest BCUT2D eigenvalue weighted by molar-refractivity contribution is 5.78. The van der Waals surface area contributed by atoms with Crippen LogP contribution in [0.5, 0.6) is 0 Å². The Morgan fingerprint density at radius 3 is 2.32 bits per heavy atom. The average molecular weight is 662 g/mol. The Morgan fingerprint density at radius 2 is 1.77 bits per heavy atom. The van der Waals surface area contributed by atoms with Crippen LogP contribution in [0, 0.1) is 28.6 Å². The lowest BCUT2D eigenvalue weighted by Gasteiger charge is -2.52. The third kappa shape index (κ3) is 14.5. The third-order valence-electron chi connectivity index (χ3n) is 8.90. The number of nitrogens with one attached hydrogen (secondary N) is 1. The molecule has 1 amide bonds. The van der Waals surface area contributed by atoms with Crippen molar-refractivity contribution in [3.63, 3.8) is 0 Å². The summed E-state index contributed by atoms with van der Waals surface area (Å²) in [5.74, 6) is 0.970. The van der Waals surface area contributed by atoms with Crippen molar-refractivity contribution in [2.24, 2.45) is 23.0 Å². The number of esters is 1. The number of nitrogens with two attached hydrogens (primary N) is 1. The zero-order valence-electron chi connectivity index (χ0n) is 29.8. The molecular formula is C36H63N5O6. The molecule has 5 unspecified atom stereocenters. The van der Waals surface area contributed by atoms with Gasteiger partial charge in [0.05, 0.1) is 31.5 Å². The van der Waals surface area contributed by atoms with Crippen LogP contribution in [0.15, 0.2) is 24.3 Å². The first kappa shape index (κ1) is 42.3. The van der Waals surface area contributed by atoms with Gasteiger partial charge in [-0.2, -0.15) is 5.26 Å². The molecule has 11 nitrogen and oxygen atoms in total. The Kier molecular flexibility index (Phi) is 19.8. The molecule has 1 aliphatic heterocycles. The zero-order valence-corrected chi connectivity index (χ0v) is 29.8. The first-order valence-corrected chi connectivity index (χ1v) is 17.4. The molecule has 6 N–H and O–H groups in total. The van der Waals surface area contributed by atoms with Crippen molar-refractivity contribution >= 4 is 17.6 Å². The summed E-state index contributed by atoms with van der Waals surface area (Å²) >= 11 is 0. The minimum Gasteiger partial charge on any atom is -0.465 e. The zero-order chi connectivity index (χ0) is 35.5. The molecule has 4 rings (SSSR count). The Balaban J connectivity index is 0.000000426.